The van der Waals surface area contributed by atoms with Crippen LogP contribution < -0.4 is 5.73 Å². The number of imidazole rings is 1. The minimum Gasteiger partial charge on any atom is -0.387 e. The lowest BCUT2D eigenvalue weighted by atomic mass is 10.1. The van der Waals surface area contributed by atoms with Gasteiger partial charge in [-0.15, -0.1) is 0 Å². The molecule has 4 atom stereocenters. The number of aliphatic hydroxyl groups is 1. The molecule has 4 unspecified atom stereocenters. The molecule has 1 fully saturated rings. The summed E-state index contributed by atoms with van der Waals surface area (Å²) in [5.41, 5.74) is 7.43. The van der Waals surface area contributed by atoms with Crippen molar-refractivity contribution in [2.75, 3.05) is 12.3 Å². The molecule has 0 saturated carbocycles. The van der Waals surface area contributed by atoms with E-state index in [0.717, 1.165) is 5.56 Å². The number of benzene rings is 1. The van der Waals surface area contributed by atoms with E-state index >= 15 is 0 Å². The van der Waals surface area contributed by atoms with E-state index in [9.17, 15) is 9.67 Å². The van der Waals surface area contributed by atoms with Crippen LogP contribution in [0.2, 0.25) is 0 Å². The Labute approximate surface area is 170 Å². The minimum atomic E-state index is -4.74. The molecule has 0 bridgehead atoms. The summed E-state index contributed by atoms with van der Waals surface area (Å²) in [5.74, 6) is 0.181. The number of phosphoric acid groups is 1. The molecule has 0 spiro atoms. The molecule has 13 heteroatoms. The normalized spacial score (nSPS) is 24.5. The number of nitrogens with two attached hydrogens (primary N) is 1. The molecule has 1 aromatic carbocycles. The number of ether oxygens (including phenoxy) is 2. The smallest absolute Gasteiger partial charge is 0.387 e. The number of anilines is 1. The quantitative estimate of drug-likeness (QED) is 0.376. The zero-order valence-electron chi connectivity index (χ0n) is 15.6. The lowest BCUT2D eigenvalue weighted by molar-refractivity contribution is -0.0759. The lowest BCUT2D eigenvalue weighted by Crippen LogP contribution is -2.35. The van der Waals surface area contributed by atoms with Crippen LogP contribution in [0.5, 0.6) is 0 Å². The molecular formula is C17H20N5O7P. The van der Waals surface area contributed by atoms with E-state index in [1.165, 1.54) is 17.2 Å². The lowest BCUT2D eigenvalue weighted by Gasteiger charge is -2.22. The zero-order valence-corrected chi connectivity index (χ0v) is 16.4. The number of hydrogen-bond acceptors (Lipinski definition) is 9. The van der Waals surface area contributed by atoms with Crippen molar-refractivity contribution < 1.29 is 33.5 Å². The molecule has 2 aromatic heterocycles. The SMILES string of the molecule is Nc1ncnc2c1ncn2C1OC(COP(=O)(O)O)C(O)C1OCc1ccccc1. The van der Waals surface area contributed by atoms with Crippen LogP contribution in [0.25, 0.3) is 11.2 Å². The summed E-state index contributed by atoms with van der Waals surface area (Å²) in [6.07, 6.45) is -1.38. The van der Waals surface area contributed by atoms with Crippen LogP contribution in [-0.4, -0.2) is 59.3 Å². The number of hydrogen-bond donors (Lipinski definition) is 4. The summed E-state index contributed by atoms with van der Waals surface area (Å²) in [6, 6.07) is 9.32. The van der Waals surface area contributed by atoms with Gasteiger partial charge in [-0.3, -0.25) is 9.09 Å². The van der Waals surface area contributed by atoms with Crippen molar-refractivity contribution in [1.82, 2.24) is 19.5 Å². The van der Waals surface area contributed by atoms with Crippen molar-refractivity contribution in [2.24, 2.45) is 0 Å². The molecule has 0 amide bonds. The second kappa shape index (κ2) is 8.36. The van der Waals surface area contributed by atoms with E-state index in [-0.39, 0.29) is 12.4 Å². The van der Waals surface area contributed by atoms with E-state index in [4.69, 9.17) is 25.0 Å². The van der Waals surface area contributed by atoms with E-state index in [2.05, 4.69) is 19.5 Å². The van der Waals surface area contributed by atoms with Crippen molar-refractivity contribution in [3.63, 3.8) is 0 Å². The molecule has 160 valence electrons. The molecule has 30 heavy (non-hydrogen) atoms. The van der Waals surface area contributed by atoms with E-state index < -0.39 is 39.0 Å². The van der Waals surface area contributed by atoms with Gasteiger partial charge in [0.15, 0.2) is 17.7 Å². The summed E-state index contributed by atoms with van der Waals surface area (Å²) in [5, 5.41) is 10.7. The zero-order chi connectivity index (χ0) is 21.3. The topological polar surface area (TPSA) is 175 Å². The van der Waals surface area contributed by atoms with E-state index in [1.807, 2.05) is 30.3 Å². The molecule has 12 nitrogen and oxygen atoms in total. The van der Waals surface area contributed by atoms with Crippen LogP contribution >= 0.6 is 7.82 Å². The molecule has 3 heterocycles. The van der Waals surface area contributed by atoms with Gasteiger partial charge in [0, 0.05) is 0 Å². The summed E-state index contributed by atoms with van der Waals surface area (Å²) >= 11 is 0. The van der Waals surface area contributed by atoms with Crippen LogP contribution in [0.15, 0.2) is 43.0 Å². The Hall–Kier alpha value is -2.44. The maximum atomic E-state index is 11.1. The molecule has 4 rings (SSSR count). The predicted octanol–water partition coefficient (Wildman–Crippen LogP) is 0.361. The number of aromatic nitrogens is 4. The van der Waals surface area contributed by atoms with E-state index in [0.29, 0.717) is 11.2 Å². The highest BCUT2D eigenvalue weighted by Gasteiger charge is 2.47. The monoisotopic (exact) mass is 437 g/mol. The van der Waals surface area contributed by atoms with Crippen molar-refractivity contribution in [1.29, 1.82) is 0 Å². The standard InChI is InChI=1S/C17H20N5O7P/c18-15-12-16(20-8-19-15)22(9-21-12)17-14(27-6-10-4-2-1-3-5-10)13(23)11(29-17)7-28-30(24,25)26/h1-5,8-9,11,13-14,17,23H,6-7H2,(H2,18,19,20)(H2,24,25,26). The van der Waals surface area contributed by atoms with Gasteiger partial charge in [-0.25, -0.2) is 19.5 Å². The summed E-state index contributed by atoms with van der Waals surface area (Å²) in [6.45, 7) is -0.352. The molecule has 0 radical (unpaired) electrons. The van der Waals surface area contributed by atoms with Crippen molar-refractivity contribution in [3.05, 3.63) is 48.5 Å². The van der Waals surface area contributed by atoms with Crippen molar-refractivity contribution in [2.45, 2.75) is 31.1 Å². The Kier molecular flexibility index (Phi) is 5.80. The number of nitrogen functional groups attached to an aromatic ring is 1. The van der Waals surface area contributed by atoms with Gasteiger partial charge in [-0.1, -0.05) is 30.3 Å². The maximum absolute atomic E-state index is 11.1. The number of fused-ring (bicyclic) bond motifs is 1. The third kappa shape index (κ3) is 4.35. The summed E-state index contributed by atoms with van der Waals surface area (Å²) in [7, 11) is -4.74. The second-order valence-electron chi connectivity index (χ2n) is 6.69. The summed E-state index contributed by atoms with van der Waals surface area (Å²) < 4.78 is 28.9. The van der Waals surface area contributed by atoms with Gasteiger partial charge in [0.05, 0.1) is 19.5 Å². The van der Waals surface area contributed by atoms with Crippen LogP contribution in [0.4, 0.5) is 5.82 Å². The molecule has 1 aliphatic heterocycles. The van der Waals surface area contributed by atoms with E-state index in [1.54, 1.807) is 0 Å². The average molecular weight is 437 g/mol. The first kappa shape index (κ1) is 20.8. The molecule has 1 aliphatic rings. The minimum absolute atomic E-state index is 0.179. The fourth-order valence-electron chi connectivity index (χ4n) is 3.25. The number of phosphoric ester groups is 1. The van der Waals surface area contributed by atoms with Crippen LogP contribution in [0.3, 0.4) is 0 Å². The largest absolute Gasteiger partial charge is 0.469 e. The first-order valence-electron chi connectivity index (χ1n) is 8.95. The Morgan fingerprint density at radius 2 is 1.97 bits per heavy atom. The van der Waals surface area contributed by atoms with Gasteiger partial charge >= 0.3 is 7.82 Å². The average Bonchev–Trinajstić information content (AvgIpc) is 3.27. The molecular weight excluding hydrogens is 417 g/mol. The fourth-order valence-corrected chi connectivity index (χ4v) is 3.59. The van der Waals surface area contributed by atoms with Gasteiger partial charge in [-0.05, 0) is 5.56 Å². The maximum Gasteiger partial charge on any atom is 0.469 e. The first-order valence-corrected chi connectivity index (χ1v) is 10.5. The van der Waals surface area contributed by atoms with Crippen LogP contribution in [0.1, 0.15) is 11.8 Å². The first-order chi connectivity index (χ1) is 14.3. The highest BCUT2D eigenvalue weighted by Crippen LogP contribution is 2.39. The molecule has 5 N–H and O–H groups in total. The molecule has 0 aliphatic carbocycles. The van der Waals surface area contributed by atoms with Gasteiger partial charge in [0.2, 0.25) is 0 Å². The number of rotatable bonds is 7. The van der Waals surface area contributed by atoms with Crippen LogP contribution in [0, 0.1) is 0 Å². The molecule has 1 saturated heterocycles. The molecule has 3 aromatic rings. The Morgan fingerprint density at radius 3 is 2.70 bits per heavy atom. The van der Waals surface area contributed by atoms with Crippen molar-refractivity contribution >= 4 is 24.8 Å². The third-order valence-electron chi connectivity index (χ3n) is 4.67. The second-order valence-corrected chi connectivity index (χ2v) is 7.93. The Bertz CT molecular complexity index is 1060. The Balaban J connectivity index is 1.62. The van der Waals surface area contributed by atoms with Gasteiger partial charge in [0.1, 0.15) is 30.2 Å². The third-order valence-corrected chi connectivity index (χ3v) is 5.15. The fraction of sp³-hybridized carbons (Fsp3) is 0.353. The van der Waals surface area contributed by atoms with Crippen molar-refractivity contribution in [3.8, 4) is 0 Å². The predicted molar refractivity (Wildman–Crippen MR) is 103 cm³/mol. The Morgan fingerprint density at radius 1 is 1.20 bits per heavy atom. The summed E-state index contributed by atoms with van der Waals surface area (Å²) in [4.78, 5) is 30.2. The van der Waals surface area contributed by atoms with Gasteiger partial charge in [0.25, 0.3) is 0 Å². The number of aliphatic hydroxyl groups excluding tert-OH is 1. The van der Waals surface area contributed by atoms with Gasteiger partial charge in [-0.2, -0.15) is 0 Å². The van der Waals surface area contributed by atoms with Gasteiger partial charge < -0.3 is 30.1 Å². The highest BCUT2D eigenvalue weighted by atomic mass is 31.2. The van der Waals surface area contributed by atoms with Crippen LogP contribution in [-0.2, 0) is 25.2 Å². The highest BCUT2D eigenvalue weighted by molar-refractivity contribution is 7.46. The number of nitrogens with zero attached hydrogens (tertiary/aromatic N) is 4.